The van der Waals surface area contributed by atoms with Gasteiger partial charge in [0, 0.05) is 12.8 Å². The highest BCUT2D eigenvalue weighted by molar-refractivity contribution is 6.02. The molecule has 1 aliphatic heterocycles. The van der Waals surface area contributed by atoms with Gasteiger partial charge in [-0.25, -0.2) is 5.01 Å². The smallest absolute Gasteiger partial charge is 0.231 e. The van der Waals surface area contributed by atoms with Crippen molar-refractivity contribution >= 4 is 17.5 Å². The van der Waals surface area contributed by atoms with Gasteiger partial charge < -0.3 is 0 Å². The Morgan fingerprint density at radius 1 is 1.22 bits per heavy atom. The number of hydrogen-bond acceptors (Lipinski definition) is 4. The molecule has 1 heterocycles. The van der Waals surface area contributed by atoms with Crippen molar-refractivity contribution in [1.29, 1.82) is 0 Å². The Morgan fingerprint density at radius 2 is 1.83 bits per heavy atom. The molecule has 2 rings (SSSR count). The average Bonchev–Trinajstić information content (AvgIpc) is 2.68. The SMILES string of the molecule is Cc1ccccc1N(CN1C(=O)CCC1=O)N=O. The Bertz CT molecular complexity index is 485. The van der Waals surface area contributed by atoms with Crippen LogP contribution in [0.2, 0.25) is 0 Å². The molecule has 0 spiro atoms. The van der Waals surface area contributed by atoms with Crippen molar-refractivity contribution in [2.24, 2.45) is 5.29 Å². The Labute approximate surface area is 104 Å². The maximum Gasteiger partial charge on any atom is 0.231 e. The second kappa shape index (κ2) is 4.95. The highest BCUT2D eigenvalue weighted by Gasteiger charge is 2.31. The van der Waals surface area contributed by atoms with Crippen LogP contribution in [-0.4, -0.2) is 23.4 Å². The summed E-state index contributed by atoms with van der Waals surface area (Å²) in [6.07, 6.45) is 0.415. The number of benzene rings is 1. The van der Waals surface area contributed by atoms with Gasteiger partial charge in [-0.2, -0.15) is 0 Å². The van der Waals surface area contributed by atoms with Crippen molar-refractivity contribution in [1.82, 2.24) is 4.90 Å². The van der Waals surface area contributed by atoms with E-state index in [1.807, 2.05) is 19.1 Å². The molecule has 0 bridgehead atoms. The molecule has 6 heteroatoms. The summed E-state index contributed by atoms with van der Waals surface area (Å²) in [5.41, 5.74) is 1.45. The molecule has 1 saturated heterocycles. The maximum atomic E-state index is 11.5. The molecule has 1 aromatic carbocycles. The number of imide groups is 1. The minimum atomic E-state index is -0.262. The Balaban J connectivity index is 2.20. The minimum Gasteiger partial charge on any atom is -0.274 e. The number of carbonyl (C=O) groups is 2. The van der Waals surface area contributed by atoms with E-state index in [0.717, 1.165) is 15.5 Å². The van der Waals surface area contributed by atoms with E-state index in [-0.39, 0.29) is 31.3 Å². The van der Waals surface area contributed by atoms with Crippen molar-refractivity contribution in [2.75, 3.05) is 11.7 Å². The molecule has 2 amide bonds. The summed E-state index contributed by atoms with van der Waals surface area (Å²) in [6, 6.07) is 7.17. The summed E-state index contributed by atoms with van der Waals surface area (Å²) in [5.74, 6) is -0.524. The predicted molar refractivity (Wildman–Crippen MR) is 65.4 cm³/mol. The maximum absolute atomic E-state index is 11.5. The first-order valence-corrected chi connectivity index (χ1v) is 5.63. The normalized spacial score (nSPS) is 15.1. The predicted octanol–water partition coefficient (Wildman–Crippen LogP) is 1.59. The third-order valence-electron chi connectivity index (χ3n) is 2.92. The van der Waals surface area contributed by atoms with Gasteiger partial charge >= 0.3 is 0 Å². The Kier molecular flexibility index (Phi) is 3.36. The zero-order valence-electron chi connectivity index (χ0n) is 10.00. The summed E-state index contributed by atoms with van der Waals surface area (Å²) in [5, 5.41) is 4.01. The Hall–Kier alpha value is -2.24. The number of carbonyl (C=O) groups excluding carboxylic acids is 2. The summed E-state index contributed by atoms with van der Waals surface area (Å²) in [6.45, 7) is 1.72. The molecule has 0 N–H and O–H groups in total. The quantitative estimate of drug-likeness (QED) is 0.460. The van der Waals surface area contributed by atoms with Gasteiger partial charge in [0.2, 0.25) is 11.8 Å². The first-order valence-electron chi connectivity index (χ1n) is 5.63. The number of rotatable bonds is 4. The van der Waals surface area contributed by atoms with Crippen LogP contribution in [-0.2, 0) is 9.59 Å². The molecule has 1 aromatic rings. The zero-order chi connectivity index (χ0) is 13.1. The summed E-state index contributed by atoms with van der Waals surface area (Å²) < 4.78 is 0. The molecule has 18 heavy (non-hydrogen) atoms. The van der Waals surface area contributed by atoms with E-state index in [1.165, 1.54) is 0 Å². The minimum absolute atomic E-state index is 0.119. The van der Waals surface area contributed by atoms with Crippen molar-refractivity contribution < 1.29 is 9.59 Å². The molecule has 1 aliphatic rings. The van der Waals surface area contributed by atoms with E-state index < -0.39 is 0 Å². The van der Waals surface area contributed by atoms with E-state index in [2.05, 4.69) is 5.29 Å². The van der Waals surface area contributed by atoms with Gasteiger partial charge in [-0.1, -0.05) is 18.2 Å². The number of amides is 2. The van der Waals surface area contributed by atoms with Crippen LogP contribution >= 0.6 is 0 Å². The van der Waals surface area contributed by atoms with E-state index >= 15 is 0 Å². The van der Waals surface area contributed by atoms with Crippen LogP contribution in [0.3, 0.4) is 0 Å². The highest BCUT2D eigenvalue weighted by atomic mass is 16.3. The van der Waals surface area contributed by atoms with Gasteiger partial charge in [0.05, 0.1) is 11.0 Å². The third kappa shape index (κ3) is 2.22. The summed E-state index contributed by atoms with van der Waals surface area (Å²) in [7, 11) is 0. The molecular weight excluding hydrogens is 234 g/mol. The number of likely N-dealkylation sites (tertiary alicyclic amines) is 1. The average molecular weight is 247 g/mol. The molecule has 1 fully saturated rings. The fourth-order valence-electron chi connectivity index (χ4n) is 1.91. The van der Waals surface area contributed by atoms with Crippen molar-refractivity contribution in [3.8, 4) is 0 Å². The highest BCUT2D eigenvalue weighted by Crippen LogP contribution is 2.21. The molecule has 0 aromatic heterocycles. The van der Waals surface area contributed by atoms with Crippen molar-refractivity contribution in [3.05, 3.63) is 34.7 Å². The molecule has 0 unspecified atom stereocenters. The summed E-state index contributed by atoms with van der Waals surface area (Å²) >= 11 is 0. The lowest BCUT2D eigenvalue weighted by Crippen LogP contribution is -2.38. The monoisotopic (exact) mass is 247 g/mol. The number of hydrogen-bond donors (Lipinski definition) is 0. The summed E-state index contributed by atoms with van der Waals surface area (Å²) in [4.78, 5) is 34.9. The zero-order valence-corrected chi connectivity index (χ0v) is 10.00. The first-order chi connectivity index (χ1) is 8.63. The molecule has 6 nitrogen and oxygen atoms in total. The van der Waals surface area contributed by atoms with Gasteiger partial charge in [-0.05, 0) is 18.6 Å². The van der Waals surface area contributed by atoms with Gasteiger partial charge in [-0.3, -0.25) is 14.5 Å². The second-order valence-electron chi connectivity index (χ2n) is 4.12. The Morgan fingerprint density at radius 3 is 2.39 bits per heavy atom. The van der Waals surface area contributed by atoms with Crippen molar-refractivity contribution in [3.63, 3.8) is 0 Å². The number of nitrogens with zero attached hydrogens (tertiary/aromatic N) is 3. The van der Waals surface area contributed by atoms with Crippen LogP contribution in [0.1, 0.15) is 18.4 Å². The molecule has 94 valence electrons. The van der Waals surface area contributed by atoms with E-state index in [9.17, 15) is 14.5 Å². The van der Waals surface area contributed by atoms with Crippen LogP contribution < -0.4 is 5.01 Å². The lowest BCUT2D eigenvalue weighted by atomic mass is 10.2. The van der Waals surface area contributed by atoms with Crippen LogP contribution in [0.4, 0.5) is 5.69 Å². The van der Waals surface area contributed by atoms with Crippen LogP contribution in [0.15, 0.2) is 29.6 Å². The van der Waals surface area contributed by atoms with Gasteiger partial charge in [-0.15, -0.1) is 4.91 Å². The fraction of sp³-hybridized carbons (Fsp3) is 0.333. The molecule has 0 atom stereocenters. The van der Waals surface area contributed by atoms with Gasteiger partial charge in [0.1, 0.15) is 6.67 Å². The van der Waals surface area contributed by atoms with Crippen molar-refractivity contribution in [2.45, 2.75) is 19.8 Å². The van der Waals surface area contributed by atoms with Gasteiger partial charge in [0.25, 0.3) is 0 Å². The fourth-order valence-corrected chi connectivity index (χ4v) is 1.91. The molecule has 0 aliphatic carbocycles. The van der Waals surface area contributed by atoms with E-state index in [1.54, 1.807) is 12.1 Å². The van der Waals surface area contributed by atoms with Crippen LogP contribution in [0.5, 0.6) is 0 Å². The molecule has 0 saturated carbocycles. The number of para-hydroxylation sites is 1. The van der Waals surface area contributed by atoms with Crippen LogP contribution in [0.25, 0.3) is 0 Å². The lowest BCUT2D eigenvalue weighted by Gasteiger charge is -2.22. The largest absolute Gasteiger partial charge is 0.274 e. The lowest BCUT2D eigenvalue weighted by molar-refractivity contribution is -0.138. The standard InChI is InChI=1S/C12H13N3O3/c1-9-4-2-3-5-10(9)15(13-18)8-14-11(16)6-7-12(14)17/h2-5H,6-8H2,1H3. The van der Waals surface area contributed by atoms with Crippen LogP contribution in [0, 0.1) is 11.8 Å². The molecule has 0 radical (unpaired) electrons. The van der Waals surface area contributed by atoms with Gasteiger partial charge in [0.15, 0.2) is 0 Å². The first kappa shape index (κ1) is 12.2. The van der Waals surface area contributed by atoms with E-state index in [4.69, 9.17) is 0 Å². The number of aryl methyl sites for hydroxylation is 1. The topological polar surface area (TPSA) is 70.1 Å². The van der Waals surface area contributed by atoms with E-state index in [0.29, 0.717) is 5.69 Å². The molecular formula is C12H13N3O3. The number of anilines is 1. The third-order valence-corrected chi connectivity index (χ3v) is 2.92. The number of nitroso groups, excluding NO2 is 1. The second-order valence-corrected chi connectivity index (χ2v) is 4.12.